The summed E-state index contributed by atoms with van der Waals surface area (Å²) < 4.78 is 0. The van der Waals surface area contributed by atoms with E-state index >= 15 is 0 Å². The molecular weight excluding hydrogens is 142 g/mol. The second-order valence-corrected chi connectivity index (χ2v) is 9.47. The number of hydrogen-bond donors (Lipinski definition) is 1. The molecule has 1 rings (SSSR count). The first-order valence-electron chi connectivity index (χ1n) is 3.63. The van der Waals surface area contributed by atoms with Gasteiger partial charge in [-0.25, -0.2) is 8.75 Å². The average molecular weight is 159 g/mol. The van der Waals surface area contributed by atoms with Crippen molar-refractivity contribution in [3.05, 3.63) is 11.5 Å². The lowest BCUT2D eigenvalue weighted by atomic mass is 10.5. The third-order valence-corrected chi connectivity index (χ3v) is 5.98. The molecule has 10 heavy (non-hydrogen) atoms. The van der Waals surface area contributed by atoms with Gasteiger partial charge in [0.25, 0.3) is 0 Å². The molecule has 1 aliphatic heterocycles. The van der Waals surface area contributed by atoms with Crippen LogP contribution in [0.25, 0.3) is 0 Å². The maximum Gasteiger partial charge on any atom is -0.000176 e. The maximum atomic E-state index is 5.55. The van der Waals surface area contributed by atoms with Crippen LogP contribution in [0.15, 0.2) is 11.5 Å². The summed E-state index contributed by atoms with van der Waals surface area (Å²) in [5, 5.41) is 4.83. The predicted molar refractivity (Wildman–Crippen MR) is 53.2 cm³/mol. The van der Waals surface area contributed by atoms with E-state index in [9.17, 15) is 0 Å². The molecule has 0 aromatic rings. The van der Waals surface area contributed by atoms with Gasteiger partial charge in [-0.1, -0.05) is 16.9 Å². The zero-order chi connectivity index (χ0) is 7.69. The van der Waals surface area contributed by atoms with Crippen molar-refractivity contribution >= 4 is 14.1 Å². The molecule has 60 valence electrons. The first-order valence-corrected chi connectivity index (χ1v) is 6.79. The quantitative estimate of drug-likeness (QED) is 0.603. The number of rotatable bonds is 2. The Hall–Kier alpha value is -0.0800. The number of nitrogens with two attached hydrogens (primary N) is 1. The summed E-state index contributed by atoms with van der Waals surface area (Å²) in [4.78, 5) is 0. The molecule has 1 nitrogen and oxygen atoms in total. The van der Waals surface area contributed by atoms with E-state index in [4.69, 9.17) is 5.73 Å². The predicted octanol–water partition coefficient (Wildman–Crippen LogP) is 1.26. The van der Waals surface area contributed by atoms with Gasteiger partial charge in [-0.15, -0.1) is 0 Å². The summed E-state index contributed by atoms with van der Waals surface area (Å²) in [5.41, 5.74) is 5.55. The monoisotopic (exact) mass is 159 g/mol. The zero-order valence-corrected chi connectivity index (χ0v) is 7.66. The van der Waals surface area contributed by atoms with Crippen LogP contribution in [0.1, 0.15) is 6.42 Å². The second kappa shape index (κ2) is 2.21. The Morgan fingerprint density at radius 2 is 2.20 bits per heavy atom. The van der Waals surface area contributed by atoms with Gasteiger partial charge in [0, 0.05) is 0 Å². The molecule has 0 atom stereocenters. The van der Waals surface area contributed by atoms with E-state index in [0.29, 0.717) is 0 Å². The largest absolute Gasteiger partial charge is 0.330 e. The molecule has 0 aliphatic carbocycles. The van der Waals surface area contributed by atoms with Gasteiger partial charge in [-0.05, 0) is 31.2 Å². The molecule has 0 saturated carbocycles. The van der Waals surface area contributed by atoms with E-state index in [1.165, 1.54) is 0 Å². The topological polar surface area (TPSA) is 26.0 Å². The van der Waals surface area contributed by atoms with Crippen molar-refractivity contribution in [3.63, 3.8) is 0 Å². The van der Waals surface area contributed by atoms with Gasteiger partial charge in [0.05, 0.1) is 0 Å². The highest BCUT2D eigenvalue weighted by Gasteiger charge is 2.18. The van der Waals surface area contributed by atoms with Crippen molar-refractivity contribution < 1.29 is 0 Å². The van der Waals surface area contributed by atoms with Crippen molar-refractivity contribution in [1.29, 1.82) is 0 Å². The minimum Gasteiger partial charge on any atom is -0.330 e. The highest BCUT2D eigenvalue weighted by molar-refractivity contribution is 8.48. The highest BCUT2D eigenvalue weighted by atomic mass is 32.3. The van der Waals surface area contributed by atoms with E-state index in [2.05, 4.69) is 29.4 Å². The van der Waals surface area contributed by atoms with E-state index < -0.39 is 8.75 Å². The molecule has 0 radical (unpaired) electrons. The van der Waals surface area contributed by atoms with Crippen molar-refractivity contribution in [2.24, 2.45) is 5.73 Å². The molecule has 0 aromatic heterocycles. The maximum absolute atomic E-state index is 5.55. The van der Waals surface area contributed by atoms with Gasteiger partial charge < -0.3 is 5.73 Å². The van der Waals surface area contributed by atoms with Crippen molar-refractivity contribution in [2.75, 3.05) is 24.8 Å². The molecule has 2 heteroatoms. The lowest BCUT2D eigenvalue weighted by Crippen LogP contribution is -2.15. The summed E-state index contributed by atoms with van der Waals surface area (Å²) in [6.07, 6.45) is 8.12. The molecule has 0 saturated heterocycles. The Bertz CT molecular complexity index is 219. The van der Waals surface area contributed by atoms with Crippen LogP contribution in [0.5, 0.6) is 0 Å². The van der Waals surface area contributed by atoms with Crippen molar-refractivity contribution in [3.8, 4) is 0 Å². The Morgan fingerprint density at radius 3 is 2.60 bits per heavy atom. The molecule has 1 aliphatic rings. The van der Waals surface area contributed by atoms with Crippen LogP contribution in [0, 0.1) is 0 Å². The van der Waals surface area contributed by atoms with Gasteiger partial charge in [0.2, 0.25) is 0 Å². The fourth-order valence-corrected chi connectivity index (χ4v) is 3.97. The molecule has 1 heterocycles. The van der Waals surface area contributed by atoms with E-state index in [-0.39, 0.29) is 0 Å². The van der Waals surface area contributed by atoms with Crippen LogP contribution in [0.4, 0.5) is 0 Å². The van der Waals surface area contributed by atoms with Crippen LogP contribution < -0.4 is 5.73 Å². The minimum absolute atomic E-state index is 0.815. The molecule has 0 amide bonds. The third-order valence-electron chi connectivity index (χ3n) is 2.08. The Kier molecular flexibility index (Phi) is 1.77. The third kappa shape index (κ3) is 1.50. The van der Waals surface area contributed by atoms with Gasteiger partial charge in [-0.3, -0.25) is 0 Å². The highest BCUT2D eigenvalue weighted by Crippen LogP contribution is 2.54. The second-order valence-electron chi connectivity index (χ2n) is 3.66. The van der Waals surface area contributed by atoms with E-state index in [1.54, 1.807) is 0 Å². The number of hydrogen-bond acceptors (Lipinski definition) is 1. The molecular formula is C8H17NS. The lowest BCUT2D eigenvalue weighted by Gasteiger charge is -2.36. The summed E-state index contributed by atoms with van der Waals surface area (Å²) in [6.45, 7) is 0.815. The molecule has 0 unspecified atom stereocenters. The average Bonchev–Trinajstić information content (AvgIpc) is 2.12. The molecule has 2 N–H and O–H groups in total. The van der Waals surface area contributed by atoms with E-state index in [0.717, 1.165) is 18.7 Å². The van der Waals surface area contributed by atoms with Crippen LogP contribution in [0.3, 0.4) is 0 Å². The lowest BCUT2D eigenvalue weighted by molar-refractivity contribution is 1.14. The number of allylic oxidation sites excluding steroid dienone is 1. The molecule has 0 bridgehead atoms. The van der Waals surface area contributed by atoms with Crippen molar-refractivity contribution in [1.82, 2.24) is 0 Å². The summed E-state index contributed by atoms with van der Waals surface area (Å²) in [6, 6.07) is 0. The van der Waals surface area contributed by atoms with Gasteiger partial charge in [0.15, 0.2) is 0 Å². The fourth-order valence-electron chi connectivity index (χ4n) is 1.32. The SMILES string of the molecule is CS1(C)(CCN)=CCC=C1. The van der Waals surface area contributed by atoms with Crippen molar-refractivity contribution in [2.45, 2.75) is 6.42 Å². The first kappa shape index (κ1) is 8.02. The molecule has 0 spiro atoms. The van der Waals surface area contributed by atoms with Gasteiger partial charge in [-0.2, -0.15) is 0 Å². The normalized spacial score (nSPS) is 30.5. The minimum atomic E-state index is -1.24. The molecule has 0 aromatic carbocycles. The van der Waals surface area contributed by atoms with Crippen LogP contribution in [0.2, 0.25) is 0 Å². The van der Waals surface area contributed by atoms with Crippen LogP contribution >= 0.6 is 8.75 Å². The molecule has 0 fully saturated rings. The summed E-state index contributed by atoms with van der Waals surface area (Å²) in [5.74, 6) is 1.16. The van der Waals surface area contributed by atoms with Gasteiger partial charge in [0.1, 0.15) is 0 Å². The van der Waals surface area contributed by atoms with Gasteiger partial charge >= 0.3 is 0 Å². The Balaban J connectivity index is 2.91. The summed E-state index contributed by atoms with van der Waals surface area (Å²) in [7, 11) is -1.24. The Labute approximate surface area is 63.2 Å². The Morgan fingerprint density at radius 1 is 1.50 bits per heavy atom. The first-order chi connectivity index (χ1) is 4.55. The van der Waals surface area contributed by atoms with Crippen LogP contribution in [-0.2, 0) is 0 Å². The fraction of sp³-hybridized carbons (Fsp3) is 0.625. The van der Waals surface area contributed by atoms with E-state index in [1.807, 2.05) is 0 Å². The summed E-state index contributed by atoms with van der Waals surface area (Å²) >= 11 is 0. The standard InChI is InChI=1S/C8H17NS/c1-10(2,8-5-9)6-3-4-7-10/h3,6-7H,4-5,8-9H2,1-2H3. The smallest absolute Gasteiger partial charge is 0.000176 e. The zero-order valence-electron chi connectivity index (χ0n) is 6.84. The van der Waals surface area contributed by atoms with Crippen LogP contribution in [-0.4, -0.2) is 30.2 Å².